The van der Waals surface area contributed by atoms with E-state index in [0.717, 1.165) is 12.2 Å². The van der Waals surface area contributed by atoms with Gasteiger partial charge in [0.25, 0.3) is 0 Å². The molecule has 2 heteroatoms. The molecule has 0 spiro atoms. The smallest absolute Gasteiger partial charge is 0.0370 e. The number of hydrogen-bond acceptors (Lipinski definition) is 2. The third-order valence-corrected chi connectivity index (χ3v) is 2.81. The predicted molar refractivity (Wildman–Crippen MR) is 68.2 cm³/mol. The second kappa shape index (κ2) is 5.64. The summed E-state index contributed by atoms with van der Waals surface area (Å²) in [6, 6.07) is 8.75. The van der Waals surface area contributed by atoms with Gasteiger partial charge < -0.3 is 10.6 Å². The molecule has 0 fully saturated rings. The van der Waals surface area contributed by atoms with Gasteiger partial charge in [0, 0.05) is 24.0 Å². The Kier molecular flexibility index (Phi) is 4.47. The number of nitrogens with two attached hydrogens (primary N) is 1. The molecule has 0 bridgehead atoms. The normalized spacial score (nSPS) is 12.5. The third-order valence-electron chi connectivity index (χ3n) is 2.81. The Morgan fingerprint density at radius 2 is 1.80 bits per heavy atom. The Bertz CT molecular complexity index is 279. The van der Waals surface area contributed by atoms with E-state index in [0.29, 0.717) is 6.04 Å². The summed E-state index contributed by atoms with van der Waals surface area (Å²) in [6.45, 7) is 7.82. The van der Waals surface area contributed by atoms with Gasteiger partial charge in [-0.15, -0.1) is 0 Å². The van der Waals surface area contributed by atoms with Crippen LogP contribution in [0, 0.1) is 0 Å². The van der Waals surface area contributed by atoms with Gasteiger partial charge in [-0.25, -0.2) is 0 Å². The highest BCUT2D eigenvalue weighted by atomic mass is 15.1. The SMILES string of the molecule is CCCN(c1ccc(N)cc1)C(C)CC. The molecule has 1 rings (SSSR count). The molecule has 0 saturated heterocycles. The van der Waals surface area contributed by atoms with Crippen molar-refractivity contribution in [3.05, 3.63) is 24.3 Å². The van der Waals surface area contributed by atoms with Gasteiger partial charge in [-0.05, 0) is 44.0 Å². The molecule has 15 heavy (non-hydrogen) atoms. The van der Waals surface area contributed by atoms with Crippen LogP contribution in [0.3, 0.4) is 0 Å². The van der Waals surface area contributed by atoms with Crippen LogP contribution in [-0.4, -0.2) is 12.6 Å². The van der Waals surface area contributed by atoms with Crippen LogP contribution in [0.1, 0.15) is 33.6 Å². The van der Waals surface area contributed by atoms with Crippen molar-refractivity contribution >= 4 is 11.4 Å². The summed E-state index contributed by atoms with van der Waals surface area (Å²) >= 11 is 0. The fourth-order valence-electron chi connectivity index (χ4n) is 1.73. The van der Waals surface area contributed by atoms with Crippen molar-refractivity contribution in [3.8, 4) is 0 Å². The molecule has 0 aromatic heterocycles. The summed E-state index contributed by atoms with van der Waals surface area (Å²) in [5.74, 6) is 0. The Hall–Kier alpha value is -1.18. The topological polar surface area (TPSA) is 29.3 Å². The van der Waals surface area contributed by atoms with E-state index < -0.39 is 0 Å². The van der Waals surface area contributed by atoms with E-state index >= 15 is 0 Å². The lowest BCUT2D eigenvalue weighted by Gasteiger charge is -2.30. The molecule has 0 radical (unpaired) electrons. The highest BCUT2D eigenvalue weighted by Gasteiger charge is 2.11. The van der Waals surface area contributed by atoms with Crippen LogP contribution >= 0.6 is 0 Å². The third kappa shape index (κ3) is 3.15. The van der Waals surface area contributed by atoms with Crippen LogP contribution < -0.4 is 10.6 Å². The van der Waals surface area contributed by atoms with Crippen molar-refractivity contribution in [2.24, 2.45) is 0 Å². The summed E-state index contributed by atoms with van der Waals surface area (Å²) < 4.78 is 0. The molecule has 0 aliphatic rings. The second-order valence-electron chi connectivity index (χ2n) is 4.04. The van der Waals surface area contributed by atoms with Crippen LogP contribution in [0.4, 0.5) is 11.4 Å². The predicted octanol–water partition coefficient (Wildman–Crippen LogP) is 3.28. The number of rotatable bonds is 5. The first-order valence-corrected chi connectivity index (χ1v) is 5.81. The minimum atomic E-state index is 0.591. The van der Waals surface area contributed by atoms with Crippen LogP contribution in [0.2, 0.25) is 0 Å². The molecular weight excluding hydrogens is 184 g/mol. The maximum absolute atomic E-state index is 5.69. The van der Waals surface area contributed by atoms with Crippen molar-refractivity contribution in [1.29, 1.82) is 0 Å². The highest BCUT2D eigenvalue weighted by Crippen LogP contribution is 2.20. The van der Waals surface area contributed by atoms with Gasteiger partial charge in [-0.2, -0.15) is 0 Å². The summed E-state index contributed by atoms with van der Waals surface area (Å²) in [7, 11) is 0. The summed E-state index contributed by atoms with van der Waals surface area (Å²) in [5.41, 5.74) is 7.80. The van der Waals surface area contributed by atoms with Gasteiger partial charge in [0.05, 0.1) is 0 Å². The van der Waals surface area contributed by atoms with E-state index in [2.05, 4.69) is 37.8 Å². The van der Waals surface area contributed by atoms with E-state index in [-0.39, 0.29) is 0 Å². The molecule has 1 aromatic rings. The minimum absolute atomic E-state index is 0.591. The van der Waals surface area contributed by atoms with Gasteiger partial charge in [-0.3, -0.25) is 0 Å². The van der Waals surface area contributed by atoms with Crippen molar-refractivity contribution in [3.63, 3.8) is 0 Å². The van der Waals surface area contributed by atoms with Crippen molar-refractivity contribution in [1.82, 2.24) is 0 Å². The average Bonchev–Trinajstić information content (AvgIpc) is 2.26. The van der Waals surface area contributed by atoms with E-state index in [1.807, 2.05) is 12.1 Å². The van der Waals surface area contributed by atoms with Crippen molar-refractivity contribution < 1.29 is 0 Å². The second-order valence-corrected chi connectivity index (χ2v) is 4.04. The molecule has 1 unspecified atom stereocenters. The van der Waals surface area contributed by atoms with Gasteiger partial charge in [0.1, 0.15) is 0 Å². The van der Waals surface area contributed by atoms with Gasteiger partial charge in [0.15, 0.2) is 0 Å². The lowest BCUT2D eigenvalue weighted by Crippen LogP contribution is -2.33. The summed E-state index contributed by atoms with van der Waals surface area (Å²) in [5, 5.41) is 0. The Morgan fingerprint density at radius 3 is 2.27 bits per heavy atom. The molecule has 0 aliphatic carbocycles. The van der Waals surface area contributed by atoms with Gasteiger partial charge in [0.2, 0.25) is 0 Å². The van der Waals surface area contributed by atoms with Crippen LogP contribution in [0.25, 0.3) is 0 Å². The Labute approximate surface area is 93.1 Å². The zero-order valence-electron chi connectivity index (χ0n) is 10.0. The molecule has 0 amide bonds. The molecule has 0 aliphatic heterocycles. The van der Waals surface area contributed by atoms with E-state index in [9.17, 15) is 0 Å². The summed E-state index contributed by atoms with van der Waals surface area (Å²) in [6.07, 6.45) is 2.35. The van der Waals surface area contributed by atoms with Crippen molar-refractivity contribution in [2.45, 2.75) is 39.7 Å². The van der Waals surface area contributed by atoms with E-state index in [4.69, 9.17) is 5.73 Å². The van der Waals surface area contributed by atoms with Crippen LogP contribution in [0.15, 0.2) is 24.3 Å². The standard InChI is InChI=1S/C13H22N2/c1-4-10-15(11(3)5-2)13-8-6-12(14)7-9-13/h6-9,11H,4-5,10,14H2,1-3H3. The molecule has 2 nitrogen and oxygen atoms in total. The molecule has 2 N–H and O–H groups in total. The number of benzene rings is 1. The fourth-order valence-corrected chi connectivity index (χ4v) is 1.73. The highest BCUT2D eigenvalue weighted by molar-refractivity contribution is 5.53. The molecule has 1 aromatic carbocycles. The minimum Gasteiger partial charge on any atom is -0.399 e. The molecule has 1 atom stereocenters. The van der Waals surface area contributed by atoms with Crippen LogP contribution in [-0.2, 0) is 0 Å². The quantitative estimate of drug-likeness (QED) is 0.749. The molecule has 0 heterocycles. The first kappa shape index (κ1) is 11.9. The lowest BCUT2D eigenvalue weighted by molar-refractivity contribution is 0.610. The molecule has 84 valence electrons. The van der Waals surface area contributed by atoms with Gasteiger partial charge in [-0.1, -0.05) is 13.8 Å². The molecule has 0 saturated carbocycles. The number of anilines is 2. The number of nitrogen functional groups attached to an aromatic ring is 1. The van der Waals surface area contributed by atoms with Gasteiger partial charge >= 0.3 is 0 Å². The van der Waals surface area contributed by atoms with Crippen molar-refractivity contribution in [2.75, 3.05) is 17.2 Å². The maximum Gasteiger partial charge on any atom is 0.0370 e. The van der Waals surface area contributed by atoms with E-state index in [1.54, 1.807) is 0 Å². The maximum atomic E-state index is 5.69. The zero-order valence-corrected chi connectivity index (χ0v) is 10.0. The fraction of sp³-hybridized carbons (Fsp3) is 0.538. The first-order chi connectivity index (χ1) is 7.19. The first-order valence-electron chi connectivity index (χ1n) is 5.81. The number of hydrogen-bond donors (Lipinski definition) is 1. The Morgan fingerprint density at radius 1 is 1.20 bits per heavy atom. The number of nitrogens with zero attached hydrogens (tertiary/aromatic N) is 1. The zero-order chi connectivity index (χ0) is 11.3. The van der Waals surface area contributed by atoms with E-state index in [1.165, 1.54) is 18.5 Å². The monoisotopic (exact) mass is 206 g/mol. The van der Waals surface area contributed by atoms with Crippen LogP contribution in [0.5, 0.6) is 0 Å². The summed E-state index contributed by atoms with van der Waals surface area (Å²) in [4.78, 5) is 2.44. The largest absolute Gasteiger partial charge is 0.399 e. The molecular formula is C13H22N2. The average molecular weight is 206 g/mol. The lowest BCUT2D eigenvalue weighted by atomic mass is 10.1. The Balaban J connectivity index is 2.83.